The quantitative estimate of drug-likeness (QED) is 0.498. The van der Waals surface area contributed by atoms with E-state index >= 15 is 0 Å². The van der Waals surface area contributed by atoms with E-state index in [0.29, 0.717) is 16.3 Å². The summed E-state index contributed by atoms with van der Waals surface area (Å²) in [6, 6.07) is 7.64. The number of carbonyl (C=O) groups is 2. The maximum atomic E-state index is 12.2. The zero-order valence-corrected chi connectivity index (χ0v) is 16.2. The summed E-state index contributed by atoms with van der Waals surface area (Å²) in [4.78, 5) is 28.5. The number of ether oxygens (including phenoxy) is 1. The lowest BCUT2D eigenvalue weighted by Gasteiger charge is -2.06. The molecule has 1 aromatic carbocycles. The van der Waals surface area contributed by atoms with E-state index in [9.17, 15) is 9.59 Å². The predicted molar refractivity (Wildman–Crippen MR) is 100 cm³/mol. The topological polar surface area (TPSA) is 81.4 Å². The van der Waals surface area contributed by atoms with Crippen molar-refractivity contribution in [3.8, 4) is 10.6 Å². The minimum Gasteiger partial charge on any atom is -0.465 e. The van der Waals surface area contributed by atoms with E-state index in [0.717, 1.165) is 10.2 Å². The molecule has 1 atom stereocenters. The van der Waals surface area contributed by atoms with Crippen LogP contribution >= 0.6 is 27.3 Å². The third kappa shape index (κ3) is 3.32. The average Bonchev–Trinajstić information content (AvgIpc) is 3.14. The molecule has 1 unspecified atom stereocenters. The Balaban J connectivity index is 2.20. The van der Waals surface area contributed by atoms with Crippen LogP contribution in [0.15, 0.2) is 28.7 Å². The van der Waals surface area contributed by atoms with Gasteiger partial charge in [0.2, 0.25) is 11.8 Å². The number of aromatic nitrogens is 1. The highest BCUT2D eigenvalue weighted by Crippen LogP contribution is 2.40. The molecule has 3 rings (SSSR count). The number of esters is 1. The molecule has 0 bridgehead atoms. The molecule has 1 amide bonds. The van der Waals surface area contributed by atoms with E-state index in [2.05, 4.69) is 26.2 Å². The molecular weight excluding hydrogens is 408 g/mol. The first kappa shape index (κ1) is 17.6. The Morgan fingerprint density at radius 2 is 2.08 bits per heavy atom. The Kier molecular flexibility index (Phi) is 4.91. The number of nitrogens with one attached hydrogen (secondary N) is 1. The monoisotopic (exact) mass is 422 g/mol. The number of carbonyl (C=O) groups excluding carboxylic acids is 2. The first-order valence-corrected chi connectivity index (χ1v) is 9.18. The summed E-state index contributed by atoms with van der Waals surface area (Å²) in [5.74, 6) is -0.276. The number of halogens is 1. The number of nitrogens with zero attached hydrogens (tertiary/aromatic N) is 1. The molecule has 0 aliphatic rings. The minimum atomic E-state index is -0.539. The second-order valence-electron chi connectivity index (χ2n) is 5.32. The number of hydrogen-bond acceptors (Lipinski definition) is 6. The Bertz CT molecular complexity index is 928. The predicted octanol–water partition coefficient (Wildman–Crippen LogP) is 4.37. The molecule has 0 aliphatic heterocycles. The average molecular weight is 423 g/mol. The summed E-state index contributed by atoms with van der Waals surface area (Å²) >= 11 is 4.63. The van der Waals surface area contributed by atoms with Crippen LogP contribution in [0.5, 0.6) is 0 Å². The largest absolute Gasteiger partial charge is 0.465 e. The van der Waals surface area contributed by atoms with Crippen LogP contribution in [-0.4, -0.2) is 28.8 Å². The number of amides is 1. The molecular formula is C17H15BrN2O4S. The molecule has 8 heteroatoms. The number of benzene rings is 1. The van der Waals surface area contributed by atoms with Crippen molar-refractivity contribution < 1.29 is 18.7 Å². The Labute approximate surface area is 156 Å². The van der Waals surface area contributed by atoms with Crippen molar-refractivity contribution in [2.24, 2.45) is 0 Å². The first-order chi connectivity index (χ1) is 11.9. The van der Waals surface area contributed by atoms with E-state index in [4.69, 9.17) is 9.15 Å². The third-order valence-corrected chi connectivity index (χ3v) is 5.05. The highest BCUT2D eigenvalue weighted by molar-refractivity contribution is 9.10. The number of thiazole rings is 1. The zero-order valence-electron chi connectivity index (χ0n) is 13.8. The van der Waals surface area contributed by atoms with Gasteiger partial charge in [-0.25, -0.2) is 9.78 Å². The number of alkyl halides is 1. The van der Waals surface area contributed by atoms with Gasteiger partial charge in [0, 0.05) is 0 Å². The molecule has 0 saturated carbocycles. The second kappa shape index (κ2) is 6.97. The summed E-state index contributed by atoms with van der Waals surface area (Å²) in [5.41, 5.74) is 1.51. The molecule has 130 valence electrons. The Morgan fingerprint density at radius 3 is 2.72 bits per heavy atom. The maximum Gasteiger partial charge on any atom is 0.342 e. The highest BCUT2D eigenvalue weighted by Gasteiger charge is 2.29. The van der Waals surface area contributed by atoms with Crippen molar-refractivity contribution in [2.75, 3.05) is 12.4 Å². The van der Waals surface area contributed by atoms with Crippen molar-refractivity contribution in [2.45, 2.75) is 18.7 Å². The number of fused-ring (bicyclic) bond motifs is 1. The first-order valence-electron chi connectivity index (χ1n) is 7.45. The van der Waals surface area contributed by atoms with Crippen LogP contribution in [0, 0.1) is 6.92 Å². The summed E-state index contributed by atoms with van der Waals surface area (Å²) in [6.45, 7) is 3.35. The highest BCUT2D eigenvalue weighted by atomic mass is 79.9. The van der Waals surface area contributed by atoms with E-state index < -0.39 is 10.8 Å². The molecule has 0 radical (unpaired) electrons. The van der Waals surface area contributed by atoms with Crippen LogP contribution < -0.4 is 5.32 Å². The number of hydrogen-bond donors (Lipinski definition) is 1. The minimum absolute atomic E-state index is 0.188. The molecule has 0 saturated heterocycles. The summed E-state index contributed by atoms with van der Waals surface area (Å²) < 4.78 is 11.5. The van der Waals surface area contributed by atoms with Gasteiger partial charge in [0.25, 0.3) is 0 Å². The van der Waals surface area contributed by atoms with Crippen LogP contribution in [0.4, 0.5) is 5.88 Å². The lowest BCUT2D eigenvalue weighted by Crippen LogP contribution is -2.20. The number of anilines is 1. The van der Waals surface area contributed by atoms with Gasteiger partial charge < -0.3 is 9.15 Å². The molecule has 3 aromatic rings. The van der Waals surface area contributed by atoms with Crippen LogP contribution in [0.1, 0.15) is 23.0 Å². The van der Waals surface area contributed by atoms with Gasteiger partial charge in [-0.2, -0.15) is 0 Å². The molecule has 25 heavy (non-hydrogen) atoms. The lowest BCUT2D eigenvalue weighted by atomic mass is 10.1. The van der Waals surface area contributed by atoms with Gasteiger partial charge in [-0.3, -0.25) is 10.1 Å². The molecule has 1 N–H and O–H groups in total. The lowest BCUT2D eigenvalue weighted by molar-refractivity contribution is -0.115. The number of furan rings is 1. The standard InChI is InChI=1S/C17H15BrN2O4S/c1-8(18)14(21)20-15-13(12(9(2)24-15)17(22)23-3)16-19-10-6-4-5-7-11(10)25-16/h4-8H,1-3H3,(H,20,21). The van der Waals surface area contributed by atoms with Crippen LogP contribution in [0.3, 0.4) is 0 Å². The fourth-order valence-corrected chi connectivity index (χ4v) is 3.50. The SMILES string of the molecule is COC(=O)c1c(C)oc(NC(=O)C(C)Br)c1-c1nc2ccccc2s1. The molecule has 6 nitrogen and oxygen atoms in total. The second-order valence-corrected chi connectivity index (χ2v) is 7.73. The maximum absolute atomic E-state index is 12.2. The molecule has 0 spiro atoms. The van der Waals surface area contributed by atoms with Gasteiger partial charge in [0.15, 0.2) is 0 Å². The van der Waals surface area contributed by atoms with Crippen molar-refractivity contribution in [3.05, 3.63) is 35.6 Å². The summed E-state index contributed by atoms with van der Waals surface area (Å²) in [5, 5.41) is 3.28. The normalized spacial score (nSPS) is 12.2. The van der Waals surface area contributed by atoms with E-state index in [-0.39, 0.29) is 17.4 Å². The third-order valence-electron chi connectivity index (χ3n) is 3.58. The van der Waals surface area contributed by atoms with Gasteiger partial charge in [-0.05, 0) is 26.0 Å². The number of rotatable bonds is 4. The van der Waals surface area contributed by atoms with Crippen molar-refractivity contribution in [1.29, 1.82) is 0 Å². The Hall–Kier alpha value is -2.19. The van der Waals surface area contributed by atoms with E-state index in [1.807, 2.05) is 24.3 Å². The number of aryl methyl sites for hydroxylation is 1. The zero-order chi connectivity index (χ0) is 18.1. The Morgan fingerprint density at radius 1 is 1.36 bits per heavy atom. The number of methoxy groups -OCH3 is 1. The number of para-hydroxylation sites is 1. The van der Waals surface area contributed by atoms with E-state index in [1.54, 1.807) is 13.8 Å². The van der Waals surface area contributed by atoms with Crippen LogP contribution in [0.25, 0.3) is 20.8 Å². The molecule has 2 heterocycles. The molecule has 2 aromatic heterocycles. The summed E-state index contributed by atoms with van der Waals surface area (Å²) in [7, 11) is 1.30. The van der Waals surface area contributed by atoms with Crippen LogP contribution in [-0.2, 0) is 9.53 Å². The molecule has 0 aliphatic carbocycles. The fourth-order valence-electron chi connectivity index (χ4n) is 2.38. The van der Waals surface area contributed by atoms with Gasteiger partial charge in [0.1, 0.15) is 16.3 Å². The molecule has 0 fully saturated rings. The van der Waals surface area contributed by atoms with Gasteiger partial charge in [0.05, 0.1) is 27.7 Å². The van der Waals surface area contributed by atoms with Crippen molar-refractivity contribution >= 4 is 55.2 Å². The van der Waals surface area contributed by atoms with Crippen LogP contribution in [0.2, 0.25) is 0 Å². The van der Waals surface area contributed by atoms with Gasteiger partial charge >= 0.3 is 5.97 Å². The fraction of sp³-hybridized carbons (Fsp3) is 0.235. The van der Waals surface area contributed by atoms with E-state index in [1.165, 1.54) is 18.4 Å². The van der Waals surface area contributed by atoms with Crippen molar-refractivity contribution in [1.82, 2.24) is 4.98 Å². The summed E-state index contributed by atoms with van der Waals surface area (Å²) in [6.07, 6.45) is 0. The smallest absolute Gasteiger partial charge is 0.342 e. The van der Waals surface area contributed by atoms with Gasteiger partial charge in [-0.1, -0.05) is 28.1 Å². The van der Waals surface area contributed by atoms with Gasteiger partial charge in [-0.15, -0.1) is 11.3 Å². The van der Waals surface area contributed by atoms with Crippen molar-refractivity contribution in [3.63, 3.8) is 0 Å².